The Morgan fingerprint density at radius 3 is 2.31 bits per heavy atom. The van der Waals surface area contributed by atoms with Gasteiger partial charge in [-0.2, -0.15) is 0 Å². The molecule has 74 valence electrons. The van der Waals surface area contributed by atoms with Gasteiger partial charge in [0.25, 0.3) is 0 Å². The predicted molar refractivity (Wildman–Crippen MR) is 41.4 cm³/mol. The Labute approximate surface area is 74.4 Å². The molecule has 0 aliphatic carbocycles. The van der Waals surface area contributed by atoms with Gasteiger partial charge in [-0.3, -0.25) is 4.90 Å². The predicted octanol–water partition coefficient (Wildman–Crippen LogP) is -0.426. The number of aliphatic carboxylic acids is 1. The third kappa shape index (κ3) is 1.44. The highest BCUT2D eigenvalue weighted by Crippen LogP contribution is 2.29. The van der Waals surface area contributed by atoms with Crippen LogP contribution < -0.4 is 0 Å². The molecule has 1 heterocycles. The van der Waals surface area contributed by atoms with E-state index >= 15 is 0 Å². The number of carbonyl (C=O) groups is 2. The maximum absolute atomic E-state index is 10.8. The van der Waals surface area contributed by atoms with Gasteiger partial charge in [0.1, 0.15) is 5.54 Å². The molecule has 0 saturated carbocycles. The average Bonchev–Trinajstić information content (AvgIpc) is 2.27. The Hall–Kier alpha value is -1.30. The fourth-order valence-electron chi connectivity index (χ4n) is 1.54. The summed E-state index contributed by atoms with van der Waals surface area (Å²) in [7, 11) is 0. The molecular weight excluding hydrogens is 178 g/mol. The minimum atomic E-state index is -1.49. The fourth-order valence-corrected chi connectivity index (χ4v) is 1.54. The minimum Gasteiger partial charge on any atom is -0.480 e. The van der Waals surface area contributed by atoms with Crippen LogP contribution in [0.1, 0.15) is 13.3 Å². The lowest BCUT2D eigenvalue weighted by Crippen LogP contribution is -2.50. The van der Waals surface area contributed by atoms with E-state index in [0.29, 0.717) is 0 Å². The normalized spacial score (nSPS) is 33.4. The summed E-state index contributed by atoms with van der Waals surface area (Å²) in [5.74, 6) is -1.23. The molecule has 6 heteroatoms. The zero-order valence-electron chi connectivity index (χ0n) is 7.10. The van der Waals surface area contributed by atoms with Gasteiger partial charge in [0, 0.05) is 6.42 Å². The lowest BCUT2D eigenvalue weighted by Gasteiger charge is -2.27. The number of β-amino-alcohol motifs (C(OH)–C–C–N with tert-alkyl or cyclic N) is 1. The van der Waals surface area contributed by atoms with Crippen LogP contribution in [-0.4, -0.2) is 50.5 Å². The van der Waals surface area contributed by atoms with Gasteiger partial charge in [-0.1, -0.05) is 0 Å². The van der Waals surface area contributed by atoms with Crippen molar-refractivity contribution in [3.05, 3.63) is 0 Å². The van der Waals surface area contributed by atoms with E-state index < -0.39 is 23.7 Å². The van der Waals surface area contributed by atoms with Gasteiger partial charge < -0.3 is 15.3 Å². The molecule has 0 spiro atoms. The summed E-state index contributed by atoms with van der Waals surface area (Å²) in [6, 6.07) is 0. The molecule has 0 bridgehead atoms. The minimum absolute atomic E-state index is 0.0609. The van der Waals surface area contributed by atoms with Crippen molar-refractivity contribution in [1.82, 2.24) is 4.90 Å². The summed E-state index contributed by atoms with van der Waals surface area (Å²) in [5, 5.41) is 26.6. The molecular formula is C7H11NO5. The largest absolute Gasteiger partial charge is 0.480 e. The first-order valence-corrected chi connectivity index (χ1v) is 3.80. The zero-order valence-corrected chi connectivity index (χ0v) is 7.10. The van der Waals surface area contributed by atoms with Crippen LogP contribution in [0.25, 0.3) is 0 Å². The number of hydrogen-bond donors (Lipinski definition) is 3. The molecule has 1 amide bonds. The third-order valence-corrected chi connectivity index (χ3v) is 2.31. The molecule has 2 atom stereocenters. The van der Waals surface area contributed by atoms with Crippen molar-refractivity contribution < 1.29 is 24.9 Å². The number of carboxylic acid groups (broad SMARTS) is 2. The van der Waals surface area contributed by atoms with Crippen molar-refractivity contribution in [3.63, 3.8) is 0 Å². The van der Waals surface area contributed by atoms with Crippen molar-refractivity contribution >= 4 is 12.1 Å². The van der Waals surface area contributed by atoms with E-state index in [9.17, 15) is 9.59 Å². The standard InChI is InChI=1S/C7H11NO5/c1-7(5(10)11)2-4(9)3-8(7)6(12)13/h4,9H,2-3H2,1H3,(H,10,11)(H,12,13)/t4-,7-/m0/s1. The summed E-state index contributed by atoms with van der Waals surface area (Å²) in [4.78, 5) is 22.1. The highest BCUT2D eigenvalue weighted by atomic mass is 16.4. The zero-order chi connectivity index (χ0) is 10.2. The Bertz CT molecular complexity index is 253. The molecule has 0 aromatic heterocycles. The van der Waals surface area contributed by atoms with Crippen molar-refractivity contribution in [2.45, 2.75) is 25.0 Å². The van der Waals surface area contributed by atoms with E-state index in [1.165, 1.54) is 6.92 Å². The lowest BCUT2D eigenvalue weighted by atomic mass is 9.99. The number of aliphatic hydroxyl groups excluding tert-OH is 1. The Kier molecular flexibility index (Phi) is 2.17. The number of rotatable bonds is 1. The second-order valence-electron chi connectivity index (χ2n) is 3.33. The second-order valence-corrected chi connectivity index (χ2v) is 3.33. The van der Waals surface area contributed by atoms with Crippen molar-refractivity contribution in [2.75, 3.05) is 6.54 Å². The summed E-state index contributed by atoms with van der Waals surface area (Å²) in [6.45, 7) is 1.15. The van der Waals surface area contributed by atoms with E-state index in [1.54, 1.807) is 0 Å². The second kappa shape index (κ2) is 2.88. The molecule has 0 aromatic rings. The van der Waals surface area contributed by atoms with E-state index in [1.807, 2.05) is 0 Å². The van der Waals surface area contributed by atoms with Crippen LogP contribution in [0.15, 0.2) is 0 Å². The van der Waals surface area contributed by atoms with E-state index in [4.69, 9.17) is 15.3 Å². The maximum atomic E-state index is 10.8. The topological polar surface area (TPSA) is 98.1 Å². The van der Waals surface area contributed by atoms with Gasteiger partial charge in [0.05, 0.1) is 12.6 Å². The summed E-state index contributed by atoms with van der Waals surface area (Å²) in [5.41, 5.74) is -1.49. The van der Waals surface area contributed by atoms with Gasteiger partial charge in [0.2, 0.25) is 0 Å². The van der Waals surface area contributed by atoms with Crippen LogP contribution in [0.3, 0.4) is 0 Å². The smallest absolute Gasteiger partial charge is 0.408 e. The summed E-state index contributed by atoms with van der Waals surface area (Å²) < 4.78 is 0. The Balaban J connectivity index is 2.95. The molecule has 1 rings (SSSR count). The molecule has 1 saturated heterocycles. The van der Waals surface area contributed by atoms with E-state index in [-0.39, 0.29) is 13.0 Å². The molecule has 0 radical (unpaired) electrons. The molecule has 1 fully saturated rings. The number of nitrogens with zero attached hydrogens (tertiary/aromatic N) is 1. The Morgan fingerprint density at radius 2 is 2.00 bits per heavy atom. The fraction of sp³-hybridized carbons (Fsp3) is 0.714. The van der Waals surface area contributed by atoms with Gasteiger partial charge in [-0.15, -0.1) is 0 Å². The van der Waals surface area contributed by atoms with Crippen LogP contribution in [0.2, 0.25) is 0 Å². The molecule has 1 aliphatic rings. The molecule has 0 aromatic carbocycles. The molecule has 0 unspecified atom stereocenters. The number of aliphatic hydroxyl groups is 1. The number of hydrogen-bond acceptors (Lipinski definition) is 3. The highest BCUT2D eigenvalue weighted by Gasteiger charge is 2.49. The molecule has 13 heavy (non-hydrogen) atoms. The van der Waals surface area contributed by atoms with Crippen LogP contribution >= 0.6 is 0 Å². The number of likely N-dealkylation sites (tertiary alicyclic amines) is 1. The maximum Gasteiger partial charge on any atom is 0.408 e. The van der Waals surface area contributed by atoms with Gasteiger partial charge in [-0.25, -0.2) is 9.59 Å². The monoisotopic (exact) mass is 189 g/mol. The molecule has 3 N–H and O–H groups in total. The van der Waals surface area contributed by atoms with Crippen molar-refractivity contribution in [1.29, 1.82) is 0 Å². The van der Waals surface area contributed by atoms with E-state index in [0.717, 1.165) is 4.90 Å². The van der Waals surface area contributed by atoms with Crippen molar-refractivity contribution in [2.24, 2.45) is 0 Å². The first-order valence-electron chi connectivity index (χ1n) is 3.80. The van der Waals surface area contributed by atoms with Gasteiger partial charge in [0.15, 0.2) is 0 Å². The van der Waals surface area contributed by atoms with Gasteiger partial charge in [-0.05, 0) is 6.92 Å². The third-order valence-electron chi connectivity index (χ3n) is 2.31. The van der Waals surface area contributed by atoms with Crippen LogP contribution in [0, 0.1) is 0 Å². The lowest BCUT2D eigenvalue weighted by molar-refractivity contribution is -0.147. The first kappa shape index (κ1) is 9.79. The van der Waals surface area contributed by atoms with Gasteiger partial charge >= 0.3 is 12.1 Å². The molecule has 1 aliphatic heterocycles. The Morgan fingerprint density at radius 1 is 1.46 bits per heavy atom. The van der Waals surface area contributed by atoms with Crippen LogP contribution in [-0.2, 0) is 4.79 Å². The van der Waals surface area contributed by atoms with Crippen LogP contribution in [0.5, 0.6) is 0 Å². The van der Waals surface area contributed by atoms with Crippen molar-refractivity contribution in [3.8, 4) is 0 Å². The first-order chi connectivity index (χ1) is 5.88. The number of amides is 1. The van der Waals surface area contributed by atoms with Crippen LogP contribution in [0.4, 0.5) is 4.79 Å². The summed E-state index contributed by atoms with van der Waals surface area (Å²) in [6.07, 6.45) is -2.27. The quantitative estimate of drug-likeness (QED) is 0.520. The highest BCUT2D eigenvalue weighted by molar-refractivity contribution is 5.84. The summed E-state index contributed by atoms with van der Waals surface area (Å²) >= 11 is 0. The van der Waals surface area contributed by atoms with E-state index in [2.05, 4.69) is 0 Å². The SMILES string of the molecule is C[C@@]1(C(=O)O)C[C@H](O)CN1C(=O)O. The molecule has 6 nitrogen and oxygen atoms in total. The number of carboxylic acids is 1. The average molecular weight is 189 g/mol.